The summed E-state index contributed by atoms with van der Waals surface area (Å²) in [5, 5.41) is 13.3. The van der Waals surface area contributed by atoms with Crippen molar-refractivity contribution in [3.63, 3.8) is 0 Å². The lowest BCUT2D eigenvalue weighted by molar-refractivity contribution is -0.00857. The van der Waals surface area contributed by atoms with E-state index >= 15 is 0 Å². The van der Waals surface area contributed by atoms with Crippen LogP contribution in [0.3, 0.4) is 0 Å². The first-order chi connectivity index (χ1) is 10.0. The quantitative estimate of drug-likeness (QED) is 0.696. The second-order valence-electron chi connectivity index (χ2n) is 6.18. The SMILES string of the molecule is CCc1ccccc1CNCC(O)COC(C)CC(C)C. The molecule has 2 N–H and O–H groups in total. The highest BCUT2D eigenvalue weighted by Crippen LogP contribution is 2.09. The molecule has 0 aliphatic carbocycles. The molecule has 21 heavy (non-hydrogen) atoms. The summed E-state index contributed by atoms with van der Waals surface area (Å²) in [6, 6.07) is 8.42. The monoisotopic (exact) mass is 293 g/mol. The molecule has 0 spiro atoms. The molecule has 0 saturated carbocycles. The van der Waals surface area contributed by atoms with Crippen LogP contribution in [0.15, 0.2) is 24.3 Å². The van der Waals surface area contributed by atoms with Crippen LogP contribution in [0.5, 0.6) is 0 Å². The number of hydrogen-bond acceptors (Lipinski definition) is 3. The van der Waals surface area contributed by atoms with Crippen LogP contribution in [-0.2, 0) is 17.7 Å². The maximum atomic E-state index is 9.95. The molecule has 0 aromatic heterocycles. The molecule has 0 bridgehead atoms. The number of hydrogen-bond donors (Lipinski definition) is 2. The Balaban J connectivity index is 2.22. The predicted octanol–water partition coefficient (Wildman–Crippen LogP) is 3.15. The van der Waals surface area contributed by atoms with Gasteiger partial charge in [-0.2, -0.15) is 0 Å². The Morgan fingerprint density at radius 2 is 1.81 bits per heavy atom. The second-order valence-corrected chi connectivity index (χ2v) is 6.18. The molecule has 3 nitrogen and oxygen atoms in total. The molecule has 0 aliphatic heterocycles. The molecule has 0 amide bonds. The van der Waals surface area contributed by atoms with Crippen LogP contribution in [0.1, 0.15) is 45.2 Å². The number of benzene rings is 1. The third kappa shape index (κ3) is 7.60. The van der Waals surface area contributed by atoms with Crippen molar-refractivity contribution in [2.45, 2.75) is 59.3 Å². The van der Waals surface area contributed by atoms with Gasteiger partial charge in [-0.25, -0.2) is 0 Å². The molecule has 1 aromatic rings. The molecule has 3 heteroatoms. The molecule has 2 unspecified atom stereocenters. The average molecular weight is 293 g/mol. The highest BCUT2D eigenvalue weighted by molar-refractivity contribution is 5.26. The fourth-order valence-corrected chi connectivity index (χ4v) is 2.51. The zero-order chi connectivity index (χ0) is 15.7. The lowest BCUT2D eigenvalue weighted by atomic mass is 10.1. The number of rotatable bonds is 10. The van der Waals surface area contributed by atoms with Gasteiger partial charge >= 0.3 is 0 Å². The molecule has 0 saturated heterocycles. The van der Waals surface area contributed by atoms with Crippen molar-refractivity contribution in [2.24, 2.45) is 5.92 Å². The summed E-state index contributed by atoms with van der Waals surface area (Å²) in [4.78, 5) is 0. The molecule has 0 heterocycles. The minimum Gasteiger partial charge on any atom is -0.389 e. The minimum atomic E-state index is -0.451. The number of aryl methyl sites for hydroxylation is 1. The molecule has 1 rings (SSSR count). The summed E-state index contributed by atoms with van der Waals surface area (Å²) in [6.45, 7) is 10.4. The van der Waals surface area contributed by atoms with E-state index in [2.05, 4.69) is 57.3 Å². The van der Waals surface area contributed by atoms with Gasteiger partial charge in [0.15, 0.2) is 0 Å². The van der Waals surface area contributed by atoms with Gasteiger partial charge in [0.1, 0.15) is 0 Å². The third-order valence-corrected chi connectivity index (χ3v) is 3.57. The Morgan fingerprint density at radius 1 is 1.14 bits per heavy atom. The van der Waals surface area contributed by atoms with E-state index in [1.165, 1.54) is 11.1 Å². The van der Waals surface area contributed by atoms with Crippen molar-refractivity contribution in [1.29, 1.82) is 0 Å². The van der Waals surface area contributed by atoms with E-state index in [0.29, 0.717) is 19.1 Å². The summed E-state index contributed by atoms with van der Waals surface area (Å²) in [5.74, 6) is 0.626. The van der Waals surface area contributed by atoms with Gasteiger partial charge in [0, 0.05) is 13.1 Å². The van der Waals surface area contributed by atoms with E-state index in [1.807, 2.05) is 0 Å². The van der Waals surface area contributed by atoms with Gasteiger partial charge in [-0.15, -0.1) is 0 Å². The van der Waals surface area contributed by atoms with E-state index in [-0.39, 0.29) is 6.10 Å². The highest BCUT2D eigenvalue weighted by atomic mass is 16.5. The van der Waals surface area contributed by atoms with Gasteiger partial charge in [0.25, 0.3) is 0 Å². The molecule has 0 aliphatic rings. The van der Waals surface area contributed by atoms with Crippen molar-refractivity contribution in [2.75, 3.05) is 13.2 Å². The van der Waals surface area contributed by atoms with Gasteiger partial charge < -0.3 is 15.2 Å². The fraction of sp³-hybridized carbons (Fsp3) is 0.667. The molecular weight excluding hydrogens is 262 g/mol. The van der Waals surface area contributed by atoms with Crippen molar-refractivity contribution < 1.29 is 9.84 Å². The van der Waals surface area contributed by atoms with Crippen LogP contribution in [0.25, 0.3) is 0 Å². The van der Waals surface area contributed by atoms with Crippen LogP contribution < -0.4 is 5.32 Å². The first-order valence-corrected chi connectivity index (χ1v) is 8.10. The zero-order valence-corrected chi connectivity index (χ0v) is 13.9. The third-order valence-electron chi connectivity index (χ3n) is 3.57. The molecule has 1 aromatic carbocycles. The lowest BCUT2D eigenvalue weighted by Crippen LogP contribution is -2.31. The van der Waals surface area contributed by atoms with Crippen LogP contribution in [0, 0.1) is 5.92 Å². The Morgan fingerprint density at radius 3 is 2.43 bits per heavy atom. The zero-order valence-electron chi connectivity index (χ0n) is 13.9. The minimum absolute atomic E-state index is 0.209. The van der Waals surface area contributed by atoms with Gasteiger partial charge in [-0.3, -0.25) is 0 Å². The first-order valence-electron chi connectivity index (χ1n) is 8.10. The largest absolute Gasteiger partial charge is 0.389 e. The molecule has 120 valence electrons. The summed E-state index contributed by atoms with van der Waals surface area (Å²) in [6.07, 6.45) is 1.83. The van der Waals surface area contributed by atoms with Gasteiger partial charge in [-0.05, 0) is 36.8 Å². The predicted molar refractivity (Wildman–Crippen MR) is 88.4 cm³/mol. The van der Waals surface area contributed by atoms with Crippen LogP contribution >= 0.6 is 0 Å². The van der Waals surface area contributed by atoms with Crippen molar-refractivity contribution in [3.8, 4) is 0 Å². The summed E-state index contributed by atoms with van der Waals surface area (Å²) < 4.78 is 5.67. The Hall–Kier alpha value is -0.900. The Labute approximate surface area is 129 Å². The first kappa shape index (κ1) is 18.1. The van der Waals surface area contributed by atoms with E-state index < -0.39 is 6.10 Å². The summed E-state index contributed by atoms with van der Waals surface area (Å²) in [5.41, 5.74) is 2.67. The number of aliphatic hydroxyl groups excluding tert-OH is 1. The molecule has 2 atom stereocenters. The molecule has 0 radical (unpaired) electrons. The number of nitrogens with one attached hydrogen (secondary N) is 1. The molecular formula is C18H31NO2. The van der Waals surface area contributed by atoms with E-state index in [9.17, 15) is 5.11 Å². The van der Waals surface area contributed by atoms with Crippen LogP contribution in [0.4, 0.5) is 0 Å². The number of aliphatic hydroxyl groups is 1. The normalized spacial score (nSPS) is 14.4. The number of ether oxygens (including phenoxy) is 1. The maximum absolute atomic E-state index is 9.95. The lowest BCUT2D eigenvalue weighted by Gasteiger charge is -2.18. The second kappa shape index (κ2) is 9.93. The van der Waals surface area contributed by atoms with Crippen molar-refractivity contribution in [3.05, 3.63) is 35.4 Å². The van der Waals surface area contributed by atoms with E-state index in [1.54, 1.807) is 0 Å². The smallest absolute Gasteiger partial charge is 0.0897 e. The van der Waals surface area contributed by atoms with Gasteiger partial charge in [0.2, 0.25) is 0 Å². The maximum Gasteiger partial charge on any atom is 0.0897 e. The summed E-state index contributed by atoms with van der Waals surface area (Å²) in [7, 11) is 0. The van der Waals surface area contributed by atoms with Crippen LogP contribution in [-0.4, -0.2) is 30.5 Å². The Kier molecular flexibility index (Phi) is 8.58. The van der Waals surface area contributed by atoms with E-state index in [0.717, 1.165) is 19.4 Å². The topological polar surface area (TPSA) is 41.5 Å². The average Bonchev–Trinajstić information content (AvgIpc) is 2.45. The standard InChI is InChI=1S/C18H31NO2/c1-5-16-8-6-7-9-17(16)11-19-12-18(20)13-21-15(4)10-14(2)3/h6-9,14-15,18-20H,5,10-13H2,1-4H3. The summed E-state index contributed by atoms with van der Waals surface area (Å²) >= 11 is 0. The molecule has 0 fully saturated rings. The van der Waals surface area contributed by atoms with Crippen molar-refractivity contribution in [1.82, 2.24) is 5.32 Å². The highest BCUT2D eigenvalue weighted by Gasteiger charge is 2.09. The van der Waals surface area contributed by atoms with E-state index in [4.69, 9.17) is 4.74 Å². The van der Waals surface area contributed by atoms with Gasteiger partial charge in [0.05, 0.1) is 18.8 Å². The Bertz CT molecular complexity index is 393. The van der Waals surface area contributed by atoms with Gasteiger partial charge in [-0.1, -0.05) is 45.0 Å². The van der Waals surface area contributed by atoms with Crippen LogP contribution in [0.2, 0.25) is 0 Å². The fourth-order valence-electron chi connectivity index (χ4n) is 2.51. The van der Waals surface area contributed by atoms with Crippen molar-refractivity contribution >= 4 is 0 Å².